The molecular weight excluding hydrogens is 318 g/mol. The topological polar surface area (TPSA) is 86.5 Å². The summed E-state index contributed by atoms with van der Waals surface area (Å²) in [6, 6.07) is 7.59. The predicted octanol–water partition coefficient (Wildman–Crippen LogP) is 3.12. The number of nitrogens with two attached hydrogens (primary N) is 1. The molecule has 0 bridgehead atoms. The average molecular weight is 341 g/mol. The number of nitrogens with one attached hydrogen (secondary N) is 1. The SMILES string of the molecule is COc1ccc(CNc2ccncc2C(N)=O)cc1OC1CCCC1. The number of ether oxygens (including phenoxy) is 2. The minimum Gasteiger partial charge on any atom is -0.493 e. The van der Waals surface area contributed by atoms with Gasteiger partial charge in [0.1, 0.15) is 0 Å². The number of hydrogen-bond acceptors (Lipinski definition) is 5. The van der Waals surface area contributed by atoms with Crippen molar-refractivity contribution < 1.29 is 14.3 Å². The van der Waals surface area contributed by atoms with Crippen molar-refractivity contribution in [1.29, 1.82) is 0 Å². The molecule has 1 saturated carbocycles. The van der Waals surface area contributed by atoms with E-state index in [-0.39, 0.29) is 6.10 Å². The van der Waals surface area contributed by atoms with Crippen LogP contribution >= 0.6 is 0 Å². The number of rotatable bonds is 7. The molecule has 0 aliphatic heterocycles. The van der Waals surface area contributed by atoms with Gasteiger partial charge in [-0.15, -0.1) is 0 Å². The van der Waals surface area contributed by atoms with Crippen LogP contribution in [0.25, 0.3) is 0 Å². The highest BCUT2D eigenvalue weighted by Crippen LogP contribution is 2.32. The summed E-state index contributed by atoms with van der Waals surface area (Å²) in [6.07, 6.45) is 7.96. The molecule has 1 aliphatic rings. The Labute approximate surface area is 147 Å². The van der Waals surface area contributed by atoms with Gasteiger partial charge in [-0.3, -0.25) is 9.78 Å². The fraction of sp³-hybridized carbons (Fsp3) is 0.368. The average Bonchev–Trinajstić information content (AvgIpc) is 3.13. The lowest BCUT2D eigenvalue weighted by atomic mass is 10.1. The number of amides is 1. The fourth-order valence-corrected chi connectivity index (χ4v) is 3.05. The minimum absolute atomic E-state index is 0.263. The molecule has 1 fully saturated rings. The molecule has 0 saturated heterocycles. The first-order valence-electron chi connectivity index (χ1n) is 8.48. The number of pyridine rings is 1. The molecule has 6 heteroatoms. The standard InChI is InChI=1S/C19H23N3O3/c1-24-17-7-6-13(10-18(17)25-14-4-2-3-5-14)11-22-16-8-9-21-12-15(16)19(20)23/h6-10,12,14H,2-5,11H2,1H3,(H2,20,23)(H,21,22). The van der Waals surface area contributed by atoms with E-state index in [9.17, 15) is 4.79 Å². The Morgan fingerprint density at radius 2 is 2.08 bits per heavy atom. The van der Waals surface area contributed by atoms with E-state index in [1.165, 1.54) is 19.0 Å². The van der Waals surface area contributed by atoms with Crippen molar-refractivity contribution in [3.05, 3.63) is 47.8 Å². The quantitative estimate of drug-likeness (QED) is 0.808. The first kappa shape index (κ1) is 17.1. The maximum absolute atomic E-state index is 11.5. The highest BCUT2D eigenvalue weighted by molar-refractivity contribution is 5.98. The molecule has 0 atom stereocenters. The molecule has 132 valence electrons. The van der Waals surface area contributed by atoms with Gasteiger partial charge in [-0.1, -0.05) is 6.07 Å². The summed E-state index contributed by atoms with van der Waals surface area (Å²) >= 11 is 0. The molecule has 0 unspecified atom stereocenters. The van der Waals surface area contributed by atoms with Crippen molar-refractivity contribution in [2.45, 2.75) is 38.3 Å². The lowest BCUT2D eigenvalue weighted by Crippen LogP contribution is -2.15. The molecule has 1 aromatic heterocycles. The fourth-order valence-electron chi connectivity index (χ4n) is 3.05. The van der Waals surface area contributed by atoms with Gasteiger partial charge in [0.05, 0.1) is 24.5 Å². The van der Waals surface area contributed by atoms with Crippen LogP contribution < -0.4 is 20.5 Å². The molecule has 1 heterocycles. The van der Waals surface area contributed by atoms with E-state index in [2.05, 4.69) is 10.3 Å². The number of hydrogen-bond donors (Lipinski definition) is 2. The van der Waals surface area contributed by atoms with Crippen LogP contribution in [0.2, 0.25) is 0 Å². The molecular formula is C19H23N3O3. The monoisotopic (exact) mass is 341 g/mol. The van der Waals surface area contributed by atoms with Gasteiger partial charge in [-0.05, 0) is 49.4 Å². The van der Waals surface area contributed by atoms with E-state index >= 15 is 0 Å². The number of benzene rings is 1. The summed E-state index contributed by atoms with van der Waals surface area (Å²) in [7, 11) is 1.64. The van der Waals surface area contributed by atoms with Crippen LogP contribution in [-0.4, -0.2) is 24.1 Å². The lowest BCUT2D eigenvalue weighted by molar-refractivity contribution is 0.100. The van der Waals surface area contributed by atoms with Gasteiger partial charge in [0.15, 0.2) is 11.5 Å². The number of carbonyl (C=O) groups is 1. The van der Waals surface area contributed by atoms with Crippen molar-refractivity contribution in [2.24, 2.45) is 5.73 Å². The number of methoxy groups -OCH3 is 1. The maximum atomic E-state index is 11.5. The third-order valence-corrected chi connectivity index (χ3v) is 4.39. The van der Waals surface area contributed by atoms with Gasteiger partial charge >= 0.3 is 0 Å². The van der Waals surface area contributed by atoms with Crippen molar-refractivity contribution in [3.63, 3.8) is 0 Å². The van der Waals surface area contributed by atoms with E-state index < -0.39 is 5.91 Å². The van der Waals surface area contributed by atoms with Crippen molar-refractivity contribution in [3.8, 4) is 11.5 Å². The molecule has 1 aromatic carbocycles. The number of anilines is 1. The van der Waals surface area contributed by atoms with Crippen LogP contribution in [-0.2, 0) is 6.54 Å². The van der Waals surface area contributed by atoms with Crippen molar-refractivity contribution >= 4 is 11.6 Å². The van der Waals surface area contributed by atoms with E-state index in [1.54, 1.807) is 19.4 Å². The second-order valence-corrected chi connectivity index (χ2v) is 6.15. The van der Waals surface area contributed by atoms with Gasteiger partial charge in [0.25, 0.3) is 5.91 Å². The minimum atomic E-state index is -0.504. The highest BCUT2D eigenvalue weighted by atomic mass is 16.5. The number of nitrogens with zero attached hydrogens (tertiary/aromatic N) is 1. The van der Waals surface area contributed by atoms with Crippen LogP contribution in [0.1, 0.15) is 41.6 Å². The molecule has 6 nitrogen and oxygen atoms in total. The van der Waals surface area contributed by atoms with Crippen LogP contribution in [0.5, 0.6) is 11.5 Å². The Kier molecular flexibility index (Phi) is 5.38. The molecule has 0 radical (unpaired) electrons. The smallest absolute Gasteiger partial charge is 0.252 e. The third kappa shape index (κ3) is 4.21. The Morgan fingerprint density at radius 1 is 1.28 bits per heavy atom. The number of primary amides is 1. The first-order chi connectivity index (χ1) is 12.2. The molecule has 25 heavy (non-hydrogen) atoms. The Bertz CT molecular complexity index is 742. The lowest BCUT2D eigenvalue weighted by Gasteiger charge is -2.17. The Balaban J connectivity index is 1.73. The van der Waals surface area contributed by atoms with Gasteiger partial charge in [0.2, 0.25) is 0 Å². The van der Waals surface area contributed by atoms with E-state index in [0.717, 1.165) is 29.9 Å². The second kappa shape index (κ2) is 7.88. The Morgan fingerprint density at radius 3 is 2.80 bits per heavy atom. The summed E-state index contributed by atoms with van der Waals surface area (Å²) < 4.78 is 11.5. The molecule has 1 amide bonds. The summed E-state index contributed by atoms with van der Waals surface area (Å²) in [5.74, 6) is 0.992. The first-order valence-corrected chi connectivity index (χ1v) is 8.48. The largest absolute Gasteiger partial charge is 0.493 e. The van der Waals surface area contributed by atoms with Gasteiger partial charge in [-0.2, -0.15) is 0 Å². The van der Waals surface area contributed by atoms with Crippen molar-refractivity contribution in [1.82, 2.24) is 4.98 Å². The second-order valence-electron chi connectivity index (χ2n) is 6.15. The highest BCUT2D eigenvalue weighted by Gasteiger charge is 2.18. The van der Waals surface area contributed by atoms with Crippen molar-refractivity contribution in [2.75, 3.05) is 12.4 Å². The number of carbonyl (C=O) groups excluding carboxylic acids is 1. The van der Waals surface area contributed by atoms with E-state index in [1.807, 2.05) is 18.2 Å². The van der Waals surface area contributed by atoms with E-state index in [0.29, 0.717) is 17.8 Å². The maximum Gasteiger partial charge on any atom is 0.252 e. The van der Waals surface area contributed by atoms with Gasteiger partial charge in [-0.25, -0.2) is 0 Å². The summed E-state index contributed by atoms with van der Waals surface area (Å²) in [6.45, 7) is 0.537. The van der Waals surface area contributed by atoms with Crippen LogP contribution in [0, 0.1) is 0 Å². The summed E-state index contributed by atoms with van der Waals surface area (Å²) in [5.41, 5.74) is 7.45. The summed E-state index contributed by atoms with van der Waals surface area (Å²) in [4.78, 5) is 15.4. The van der Waals surface area contributed by atoms with Crippen LogP contribution in [0.3, 0.4) is 0 Å². The van der Waals surface area contributed by atoms with Crippen LogP contribution in [0.15, 0.2) is 36.7 Å². The summed E-state index contributed by atoms with van der Waals surface area (Å²) in [5, 5.41) is 3.23. The van der Waals surface area contributed by atoms with Gasteiger partial charge < -0.3 is 20.5 Å². The molecule has 3 N–H and O–H groups in total. The molecule has 3 rings (SSSR count). The predicted molar refractivity (Wildman–Crippen MR) is 96.0 cm³/mol. The molecule has 2 aromatic rings. The number of aromatic nitrogens is 1. The zero-order valence-corrected chi connectivity index (χ0v) is 14.3. The zero-order valence-electron chi connectivity index (χ0n) is 14.3. The Hall–Kier alpha value is -2.76. The van der Waals surface area contributed by atoms with Gasteiger partial charge in [0, 0.05) is 18.9 Å². The zero-order chi connectivity index (χ0) is 17.6. The third-order valence-electron chi connectivity index (χ3n) is 4.39. The molecule has 0 spiro atoms. The van der Waals surface area contributed by atoms with Crippen LogP contribution in [0.4, 0.5) is 5.69 Å². The normalized spacial score (nSPS) is 14.3. The van der Waals surface area contributed by atoms with E-state index in [4.69, 9.17) is 15.2 Å². The molecule has 1 aliphatic carbocycles.